The third-order valence-corrected chi connectivity index (χ3v) is 2.88. The van der Waals surface area contributed by atoms with Crippen LogP contribution in [0.2, 0.25) is 0 Å². The van der Waals surface area contributed by atoms with E-state index in [1.807, 2.05) is 7.05 Å². The molecule has 0 heterocycles. The van der Waals surface area contributed by atoms with E-state index in [-0.39, 0.29) is 6.10 Å². The molecule has 0 bridgehead atoms. The number of hydrogen-bond acceptors (Lipinski definition) is 3. The van der Waals surface area contributed by atoms with Crippen LogP contribution in [0.25, 0.3) is 0 Å². The molecule has 2 unspecified atom stereocenters. The molecule has 0 radical (unpaired) electrons. The van der Waals surface area contributed by atoms with Gasteiger partial charge in [-0.05, 0) is 45.7 Å². The lowest BCUT2D eigenvalue weighted by Gasteiger charge is -2.25. The molecule has 0 saturated heterocycles. The normalized spacial score (nSPS) is 14.6. The largest absolute Gasteiger partial charge is 0.385 e. The van der Waals surface area contributed by atoms with Crippen molar-refractivity contribution >= 4 is 0 Å². The summed E-state index contributed by atoms with van der Waals surface area (Å²) in [5, 5.41) is 3.17. The van der Waals surface area contributed by atoms with Crippen molar-refractivity contribution in [2.45, 2.75) is 39.2 Å². The Kier molecular flexibility index (Phi) is 10.5. The molecule has 0 aromatic heterocycles. The molecule has 0 aromatic carbocycles. The first-order valence-electron chi connectivity index (χ1n) is 6.54. The molecular weight excluding hydrogens is 214 g/mol. The summed E-state index contributed by atoms with van der Waals surface area (Å²) in [5.74, 6) is 0.531. The van der Waals surface area contributed by atoms with Crippen LogP contribution in [-0.2, 0) is 9.47 Å². The molecule has 17 heavy (non-hydrogen) atoms. The molecule has 102 valence electrons. The SMILES string of the molecule is C=C(C)C(OCCCOC)C(C)CCCNC. The zero-order valence-corrected chi connectivity index (χ0v) is 11.9. The third-order valence-electron chi connectivity index (χ3n) is 2.88. The standard InChI is InChI=1S/C14H29NO2/c1-12(2)14(17-11-7-10-16-5)13(3)8-6-9-15-4/h13-15H,1,6-11H2,2-5H3. The van der Waals surface area contributed by atoms with Gasteiger partial charge in [-0.2, -0.15) is 0 Å². The van der Waals surface area contributed by atoms with E-state index < -0.39 is 0 Å². The highest BCUT2D eigenvalue weighted by Crippen LogP contribution is 2.19. The van der Waals surface area contributed by atoms with Gasteiger partial charge < -0.3 is 14.8 Å². The minimum absolute atomic E-state index is 0.184. The minimum Gasteiger partial charge on any atom is -0.385 e. The molecule has 0 aliphatic heterocycles. The first-order valence-corrected chi connectivity index (χ1v) is 6.54. The maximum Gasteiger partial charge on any atom is 0.0805 e. The highest BCUT2D eigenvalue weighted by atomic mass is 16.5. The second kappa shape index (κ2) is 10.8. The van der Waals surface area contributed by atoms with Gasteiger partial charge in [0.25, 0.3) is 0 Å². The van der Waals surface area contributed by atoms with Crippen LogP contribution in [0.1, 0.15) is 33.1 Å². The Balaban J connectivity index is 3.90. The maximum atomic E-state index is 5.90. The summed E-state index contributed by atoms with van der Waals surface area (Å²) in [5.41, 5.74) is 1.12. The summed E-state index contributed by atoms with van der Waals surface area (Å²) in [6.45, 7) is 10.9. The number of hydrogen-bond donors (Lipinski definition) is 1. The van der Waals surface area contributed by atoms with Crippen molar-refractivity contribution < 1.29 is 9.47 Å². The molecule has 0 aromatic rings. The Morgan fingerprint density at radius 3 is 2.53 bits per heavy atom. The lowest BCUT2D eigenvalue weighted by molar-refractivity contribution is 0.0279. The average Bonchev–Trinajstić information content (AvgIpc) is 2.28. The van der Waals surface area contributed by atoms with Crippen molar-refractivity contribution in [3.63, 3.8) is 0 Å². The third kappa shape index (κ3) is 8.36. The first-order chi connectivity index (χ1) is 8.13. The number of ether oxygens (including phenoxy) is 2. The lowest BCUT2D eigenvalue weighted by atomic mass is 9.94. The predicted octanol–water partition coefficient (Wildman–Crippen LogP) is 2.62. The van der Waals surface area contributed by atoms with E-state index in [2.05, 4.69) is 25.7 Å². The fraction of sp³-hybridized carbons (Fsp3) is 0.857. The van der Waals surface area contributed by atoms with E-state index in [1.54, 1.807) is 7.11 Å². The molecule has 0 aliphatic rings. The van der Waals surface area contributed by atoms with Crippen molar-refractivity contribution in [1.29, 1.82) is 0 Å². The topological polar surface area (TPSA) is 30.5 Å². The average molecular weight is 243 g/mol. The zero-order chi connectivity index (χ0) is 13.1. The molecule has 0 saturated carbocycles. The maximum absolute atomic E-state index is 5.90. The van der Waals surface area contributed by atoms with Crippen LogP contribution >= 0.6 is 0 Å². The van der Waals surface area contributed by atoms with Crippen LogP contribution < -0.4 is 5.32 Å². The molecule has 0 rings (SSSR count). The minimum atomic E-state index is 0.184. The molecule has 0 amide bonds. The van der Waals surface area contributed by atoms with Crippen LogP contribution in [0, 0.1) is 5.92 Å². The second-order valence-corrected chi connectivity index (χ2v) is 4.71. The fourth-order valence-electron chi connectivity index (χ4n) is 1.96. The molecule has 0 aliphatic carbocycles. The van der Waals surface area contributed by atoms with E-state index in [1.165, 1.54) is 12.8 Å². The highest BCUT2D eigenvalue weighted by molar-refractivity contribution is 5.00. The van der Waals surface area contributed by atoms with Gasteiger partial charge in [0, 0.05) is 20.3 Å². The van der Waals surface area contributed by atoms with Crippen LogP contribution in [-0.4, -0.2) is 40.0 Å². The van der Waals surface area contributed by atoms with Crippen molar-refractivity contribution in [1.82, 2.24) is 5.32 Å². The second-order valence-electron chi connectivity index (χ2n) is 4.71. The van der Waals surface area contributed by atoms with Crippen LogP contribution in [0.3, 0.4) is 0 Å². The molecule has 2 atom stereocenters. The number of methoxy groups -OCH3 is 1. The Labute approximate surface area is 107 Å². The van der Waals surface area contributed by atoms with Crippen molar-refractivity contribution in [3.05, 3.63) is 12.2 Å². The summed E-state index contributed by atoms with van der Waals surface area (Å²) in [6.07, 6.45) is 3.48. The zero-order valence-electron chi connectivity index (χ0n) is 11.9. The summed E-state index contributed by atoms with van der Waals surface area (Å²) in [4.78, 5) is 0. The van der Waals surface area contributed by atoms with Gasteiger partial charge in [0.05, 0.1) is 6.10 Å². The Morgan fingerprint density at radius 2 is 2.00 bits per heavy atom. The smallest absolute Gasteiger partial charge is 0.0805 e. The van der Waals surface area contributed by atoms with E-state index >= 15 is 0 Å². The van der Waals surface area contributed by atoms with Crippen LogP contribution in [0.4, 0.5) is 0 Å². The van der Waals surface area contributed by atoms with E-state index in [0.717, 1.165) is 31.8 Å². The van der Waals surface area contributed by atoms with Crippen molar-refractivity contribution in [2.24, 2.45) is 5.92 Å². The summed E-state index contributed by atoms with van der Waals surface area (Å²) >= 11 is 0. The van der Waals surface area contributed by atoms with Gasteiger partial charge in [0.15, 0.2) is 0 Å². The monoisotopic (exact) mass is 243 g/mol. The number of nitrogens with one attached hydrogen (secondary N) is 1. The van der Waals surface area contributed by atoms with Gasteiger partial charge >= 0.3 is 0 Å². The lowest BCUT2D eigenvalue weighted by Crippen LogP contribution is -2.24. The van der Waals surface area contributed by atoms with Gasteiger partial charge in [0.1, 0.15) is 0 Å². The van der Waals surface area contributed by atoms with Gasteiger partial charge in [-0.3, -0.25) is 0 Å². The van der Waals surface area contributed by atoms with Crippen molar-refractivity contribution in [2.75, 3.05) is 33.9 Å². The van der Waals surface area contributed by atoms with Crippen molar-refractivity contribution in [3.8, 4) is 0 Å². The van der Waals surface area contributed by atoms with Gasteiger partial charge in [0.2, 0.25) is 0 Å². The highest BCUT2D eigenvalue weighted by Gasteiger charge is 2.18. The molecule has 3 nitrogen and oxygen atoms in total. The summed E-state index contributed by atoms with van der Waals surface area (Å²) in [6, 6.07) is 0. The predicted molar refractivity (Wildman–Crippen MR) is 73.4 cm³/mol. The fourth-order valence-corrected chi connectivity index (χ4v) is 1.96. The van der Waals surface area contributed by atoms with E-state index in [9.17, 15) is 0 Å². The molecule has 0 spiro atoms. The summed E-state index contributed by atoms with van der Waals surface area (Å²) in [7, 11) is 3.71. The Morgan fingerprint density at radius 1 is 1.29 bits per heavy atom. The molecule has 3 heteroatoms. The molecule has 0 fully saturated rings. The van der Waals surface area contributed by atoms with E-state index in [0.29, 0.717) is 5.92 Å². The first kappa shape index (κ1) is 16.6. The van der Waals surface area contributed by atoms with Gasteiger partial charge in [-0.15, -0.1) is 0 Å². The molecular formula is C14H29NO2. The Hall–Kier alpha value is -0.380. The van der Waals surface area contributed by atoms with Gasteiger partial charge in [-0.1, -0.05) is 19.1 Å². The quantitative estimate of drug-likeness (QED) is 0.447. The molecule has 1 N–H and O–H groups in total. The van der Waals surface area contributed by atoms with Crippen LogP contribution in [0.5, 0.6) is 0 Å². The van der Waals surface area contributed by atoms with Crippen LogP contribution in [0.15, 0.2) is 12.2 Å². The van der Waals surface area contributed by atoms with E-state index in [4.69, 9.17) is 9.47 Å². The Bertz CT molecular complexity index is 195. The number of rotatable bonds is 11. The van der Waals surface area contributed by atoms with Gasteiger partial charge in [-0.25, -0.2) is 0 Å². The summed E-state index contributed by atoms with van der Waals surface area (Å²) < 4.78 is 10.9.